The number of aromatic nitrogens is 1. The van der Waals surface area contributed by atoms with Gasteiger partial charge in [0.05, 0.1) is 16.5 Å². The van der Waals surface area contributed by atoms with Crippen molar-refractivity contribution in [3.63, 3.8) is 0 Å². The molecule has 2 nitrogen and oxygen atoms in total. The van der Waals surface area contributed by atoms with E-state index in [4.69, 9.17) is 0 Å². The number of isothiocyanates is 1. The molecule has 2 aromatic rings. The number of unbranched alkanes of at least 4 members (excludes halogenated alkanes) is 4. The summed E-state index contributed by atoms with van der Waals surface area (Å²) in [6.07, 6.45) is 9.68. The van der Waals surface area contributed by atoms with Gasteiger partial charge < -0.3 is 0 Å². The van der Waals surface area contributed by atoms with Crippen LogP contribution < -0.4 is 0 Å². The Bertz CT molecular complexity index is 611. The molecule has 1 aromatic carbocycles. The third kappa shape index (κ3) is 5.18. The summed E-state index contributed by atoms with van der Waals surface area (Å²) in [5, 5.41) is 2.38. The second kappa shape index (κ2) is 9.24. The fourth-order valence-corrected chi connectivity index (χ4v) is 2.54. The number of hydrogen-bond acceptors (Lipinski definition) is 3. The molecule has 0 unspecified atom stereocenters. The van der Waals surface area contributed by atoms with E-state index in [1.807, 2.05) is 30.5 Å². The number of hydrogen-bond donors (Lipinski definition) is 0. The summed E-state index contributed by atoms with van der Waals surface area (Å²) in [7, 11) is 0. The van der Waals surface area contributed by atoms with Crippen LogP contribution in [0.3, 0.4) is 0 Å². The highest BCUT2D eigenvalue weighted by Gasteiger charge is 2.00. The minimum atomic E-state index is 0.822. The van der Waals surface area contributed by atoms with Crippen LogP contribution in [0.25, 0.3) is 11.3 Å². The normalized spacial score (nSPS) is 10.2. The predicted octanol–water partition coefficient (Wildman–Crippen LogP) is 6.00. The molecule has 0 atom stereocenters. The number of aliphatic imine (C=N–C) groups is 1. The van der Waals surface area contributed by atoms with E-state index in [0.29, 0.717) is 0 Å². The predicted molar refractivity (Wildman–Crippen MR) is 96.8 cm³/mol. The highest BCUT2D eigenvalue weighted by molar-refractivity contribution is 7.78. The number of rotatable bonds is 8. The first-order chi connectivity index (χ1) is 10.8. The van der Waals surface area contributed by atoms with Crippen molar-refractivity contribution in [3.05, 3.63) is 48.2 Å². The summed E-state index contributed by atoms with van der Waals surface area (Å²) in [4.78, 5) is 8.53. The van der Waals surface area contributed by atoms with E-state index in [1.54, 1.807) is 0 Å². The van der Waals surface area contributed by atoms with E-state index in [2.05, 4.69) is 46.4 Å². The van der Waals surface area contributed by atoms with Crippen molar-refractivity contribution in [1.29, 1.82) is 0 Å². The fraction of sp³-hybridized carbons (Fsp3) is 0.368. The van der Waals surface area contributed by atoms with Gasteiger partial charge in [-0.2, -0.15) is 4.99 Å². The first-order valence-corrected chi connectivity index (χ1v) is 8.37. The van der Waals surface area contributed by atoms with Gasteiger partial charge in [0.2, 0.25) is 0 Å². The molecular formula is C19H22N2S. The third-order valence-corrected chi connectivity index (χ3v) is 3.82. The topological polar surface area (TPSA) is 25.2 Å². The van der Waals surface area contributed by atoms with Gasteiger partial charge in [-0.25, -0.2) is 0 Å². The molecule has 114 valence electrons. The van der Waals surface area contributed by atoms with Gasteiger partial charge >= 0.3 is 0 Å². The molecule has 0 spiro atoms. The molecular weight excluding hydrogens is 288 g/mol. The summed E-state index contributed by atoms with van der Waals surface area (Å²) in [5.41, 5.74) is 4.23. The molecule has 0 aliphatic carbocycles. The Balaban J connectivity index is 1.92. The lowest BCUT2D eigenvalue weighted by atomic mass is 10.1. The molecule has 0 saturated carbocycles. The van der Waals surface area contributed by atoms with Crippen LogP contribution in [-0.4, -0.2) is 10.1 Å². The van der Waals surface area contributed by atoms with Gasteiger partial charge in [-0.3, -0.25) is 4.98 Å². The first-order valence-electron chi connectivity index (χ1n) is 7.96. The van der Waals surface area contributed by atoms with Crippen molar-refractivity contribution < 1.29 is 0 Å². The molecule has 0 aliphatic rings. The maximum absolute atomic E-state index is 4.60. The Labute approximate surface area is 138 Å². The van der Waals surface area contributed by atoms with E-state index in [1.165, 1.54) is 37.7 Å². The minimum Gasteiger partial charge on any atom is -0.256 e. The first kappa shape index (κ1) is 16.5. The molecule has 0 saturated heterocycles. The van der Waals surface area contributed by atoms with Crippen molar-refractivity contribution >= 4 is 23.1 Å². The van der Waals surface area contributed by atoms with E-state index in [9.17, 15) is 0 Å². The molecule has 0 aliphatic heterocycles. The molecule has 0 radical (unpaired) electrons. The average molecular weight is 310 g/mol. The van der Waals surface area contributed by atoms with Gasteiger partial charge in [0.1, 0.15) is 0 Å². The maximum Gasteiger partial charge on any atom is 0.0740 e. The second-order valence-electron chi connectivity index (χ2n) is 5.47. The Kier molecular flexibility index (Phi) is 6.95. The highest BCUT2D eigenvalue weighted by atomic mass is 32.1. The lowest BCUT2D eigenvalue weighted by Gasteiger charge is -2.04. The molecule has 2 rings (SSSR count). The molecule has 1 heterocycles. The smallest absolute Gasteiger partial charge is 0.0740 e. The SMILES string of the molecule is CCCCCCCc1ccc(-c2ccc(N=C=S)cc2)nc1. The molecule has 0 amide bonds. The van der Waals surface area contributed by atoms with Crippen LogP contribution in [0.1, 0.15) is 44.6 Å². The van der Waals surface area contributed by atoms with Crippen LogP contribution in [0.2, 0.25) is 0 Å². The molecule has 0 N–H and O–H groups in total. The Hall–Kier alpha value is -1.83. The molecule has 1 aromatic heterocycles. The molecule has 3 heteroatoms. The Morgan fingerprint density at radius 3 is 2.41 bits per heavy atom. The molecule has 0 fully saturated rings. The zero-order valence-corrected chi connectivity index (χ0v) is 13.9. The van der Waals surface area contributed by atoms with Crippen LogP contribution in [-0.2, 0) is 6.42 Å². The minimum absolute atomic E-state index is 0.822. The van der Waals surface area contributed by atoms with Crippen molar-refractivity contribution in [2.45, 2.75) is 45.4 Å². The number of pyridine rings is 1. The number of benzene rings is 1. The van der Waals surface area contributed by atoms with Crippen molar-refractivity contribution in [3.8, 4) is 11.3 Å². The zero-order valence-electron chi connectivity index (χ0n) is 13.1. The maximum atomic E-state index is 4.60. The van der Waals surface area contributed by atoms with E-state index in [-0.39, 0.29) is 0 Å². The number of nitrogens with zero attached hydrogens (tertiary/aromatic N) is 2. The lowest BCUT2D eigenvalue weighted by molar-refractivity contribution is 0.632. The van der Waals surface area contributed by atoms with Gasteiger partial charge in [-0.15, -0.1) is 0 Å². The monoisotopic (exact) mass is 310 g/mol. The van der Waals surface area contributed by atoms with Crippen LogP contribution >= 0.6 is 12.2 Å². The largest absolute Gasteiger partial charge is 0.256 e. The van der Waals surface area contributed by atoms with E-state index in [0.717, 1.165) is 23.4 Å². The number of aryl methyl sites for hydroxylation is 1. The van der Waals surface area contributed by atoms with Gasteiger partial charge in [0.15, 0.2) is 0 Å². The molecule has 22 heavy (non-hydrogen) atoms. The summed E-state index contributed by atoms with van der Waals surface area (Å²) in [6, 6.07) is 12.2. The van der Waals surface area contributed by atoms with Crippen LogP contribution in [0.4, 0.5) is 5.69 Å². The Morgan fingerprint density at radius 2 is 1.77 bits per heavy atom. The average Bonchev–Trinajstić information content (AvgIpc) is 2.56. The van der Waals surface area contributed by atoms with Gasteiger partial charge in [-0.1, -0.05) is 50.8 Å². The van der Waals surface area contributed by atoms with Gasteiger partial charge in [0.25, 0.3) is 0 Å². The van der Waals surface area contributed by atoms with Gasteiger partial charge in [-0.05, 0) is 48.8 Å². The van der Waals surface area contributed by atoms with Crippen molar-refractivity contribution in [2.75, 3.05) is 0 Å². The van der Waals surface area contributed by atoms with Crippen molar-refractivity contribution in [1.82, 2.24) is 4.98 Å². The quantitative estimate of drug-likeness (QED) is 0.339. The third-order valence-electron chi connectivity index (χ3n) is 3.73. The van der Waals surface area contributed by atoms with Crippen LogP contribution in [0.15, 0.2) is 47.6 Å². The second-order valence-corrected chi connectivity index (χ2v) is 5.65. The van der Waals surface area contributed by atoms with Crippen LogP contribution in [0, 0.1) is 0 Å². The summed E-state index contributed by atoms with van der Waals surface area (Å²) in [5.74, 6) is 0. The highest BCUT2D eigenvalue weighted by Crippen LogP contribution is 2.21. The lowest BCUT2D eigenvalue weighted by Crippen LogP contribution is -1.89. The number of thiocarbonyl (C=S) groups is 1. The molecule has 0 bridgehead atoms. The Morgan fingerprint density at radius 1 is 1.00 bits per heavy atom. The summed E-state index contributed by atoms with van der Waals surface area (Å²) < 4.78 is 0. The van der Waals surface area contributed by atoms with Crippen LogP contribution in [0.5, 0.6) is 0 Å². The van der Waals surface area contributed by atoms with E-state index < -0.39 is 0 Å². The fourth-order valence-electron chi connectivity index (χ4n) is 2.44. The summed E-state index contributed by atoms with van der Waals surface area (Å²) >= 11 is 4.60. The standard InChI is InChI=1S/C19H22N2S/c1-2-3-4-5-6-7-16-8-13-19(20-14-16)17-9-11-18(12-10-17)21-15-22/h8-14H,2-7H2,1H3. The van der Waals surface area contributed by atoms with Crippen molar-refractivity contribution in [2.24, 2.45) is 4.99 Å². The van der Waals surface area contributed by atoms with E-state index >= 15 is 0 Å². The summed E-state index contributed by atoms with van der Waals surface area (Å²) in [6.45, 7) is 2.25. The zero-order chi connectivity index (χ0) is 15.6. The van der Waals surface area contributed by atoms with Gasteiger partial charge in [0, 0.05) is 11.8 Å².